The first-order valence-corrected chi connectivity index (χ1v) is 6.39. The summed E-state index contributed by atoms with van der Waals surface area (Å²) in [5.74, 6) is 0. The van der Waals surface area contributed by atoms with Crippen molar-refractivity contribution < 1.29 is 4.92 Å². The normalized spacial score (nSPS) is 10.5. The largest absolute Gasteiger partial charge is 0.298 e. The monoisotopic (exact) mass is 271 g/mol. The van der Waals surface area contributed by atoms with Crippen molar-refractivity contribution in [2.75, 3.05) is 0 Å². The molecule has 0 saturated carbocycles. The Hall–Kier alpha value is -2.47. The van der Waals surface area contributed by atoms with Gasteiger partial charge in [0.15, 0.2) is 0 Å². The van der Waals surface area contributed by atoms with E-state index in [0.29, 0.717) is 0 Å². The van der Waals surface area contributed by atoms with Gasteiger partial charge in [0, 0.05) is 29.4 Å². The SMILES string of the molecule is O=[N+]([O-])c1cccc(-c2ccc(-n3ccnc3)s2)c1. The summed E-state index contributed by atoms with van der Waals surface area (Å²) in [6.07, 6.45) is 5.30. The van der Waals surface area contributed by atoms with E-state index in [2.05, 4.69) is 4.98 Å². The van der Waals surface area contributed by atoms with Crippen LogP contribution in [0.3, 0.4) is 0 Å². The summed E-state index contributed by atoms with van der Waals surface area (Å²) in [6, 6.07) is 10.6. The maximum absolute atomic E-state index is 10.8. The summed E-state index contributed by atoms with van der Waals surface area (Å²) >= 11 is 1.56. The minimum absolute atomic E-state index is 0.107. The molecule has 0 fully saturated rings. The highest BCUT2D eigenvalue weighted by atomic mass is 32.1. The van der Waals surface area contributed by atoms with E-state index in [9.17, 15) is 10.1 Å². The van der Waals surface area contributed by atoms with Crippen LogP contribution in [0.1, 0.15) is 0 Å². The molecule has 0 radical (unpaired) electrons. The van der Waals surface area contributed by atoms with Crippen molar-refractivity contribution in [3.8, 4) is 15.4 Å². The summed E-state index contributed by atoms with van der Waals surface area (Å²) in [5.41, 5.74) is 0.959. The molecule has 0 bridgehead atoms. The number of imidazole rings is 1. The van der Waals surface area contributed by atoms with Gasteiger partial charge in [0.1, 0.15) is 5.00 Å². The summed E-state index contributed by atoms with van der Waals surface area (Å²) in [4.78, 5) is 15.4. The van der Waals surface area contributed by atoms with Gasteiger partial charge in [-0.15, -0.1) is 11.3 Å². The molecule has 3 aromatic rings. The van der Waals surface area contributed by atoms with E-state index >= 15 is 0 Å². The average Bonchev–Trinajstić information content (AvgIpc) is 3.09. The lowest BCUT2D eigenvalue weighted by molar-refractivity contribution is -0.384. The third-order valence-electron chi connectivity index (χ3n) is 2.69. The van der Waals surface area contributed by atoms with Gasteiger partial charge in [0.2, 0.25) is 0 Å². The topological polar surface area (TPSA) is 61.0 Å². The van der Waals surface area contributed by atoms with Gasteiger partial charge >= 0.3 is 0 Å². The quantitative estimate of drug-likeness (QED) is 0.541. The number of nitro benzene ring substituents is 1. The molecule has 2 aromatic heterocycles. The molecule has 6 heteroatoms. The van der Waals surface area contributed by atoms with Gasteiger partial charge in [-0.05, 0) is 17.7 Å². The molecule has 0 amide bonds. The predicted molar refractivity (Wildman–Crippen MR) is 73.5 cm³/mol. The Morgan fingerprint density at radius 2 is 2.16 bits per heavy atom. The maximum atomic E-state index is 10.8. The Bertz CT molecular complexity index is 719. The van der Waals surface area contributed by atoms with Crippen molar-refractivity contribution in [3.63, 3.8) is 0 Å². The van der Waals surface area contributed by atoms with Crippen LogP contribution in [0, 0.1) is 10.1 Å². The van der Waals surface area contributed by atoms with E-state index in [0.717, 1.165) is 15.4 Å². The zero-order chi connectivity index (χ0) is 13.2. The van der Waals surface area contributed by atoms with Crippen LogP contribution in [0.5, 0.6) is 0 Å². The predicted octanol–water partition coefficient (Wildman–Crippen LogP) is 3.51. The van der Waals surface area contributed by atoms with Crippen molar-refractivity contribution in [2.45, 2.75) is 0 Å². The second kappa shape index (κ2) is 4.66. The average molecular weight is 271 g/mol. The van der Waals surface area contributed by atoms with Gasteiger partial charge in [-0.25, -0.2) is 4.98 Å². The van der Waals surface area contributed by atoms with Crippen molar-refractivity contribution in [1.29, 1.82) is 0 Å². The second-order valence-electron chi connectivity index (χ2n) is 3.92. The molecule has 3 rings (SSSR count). The highest BCUT2D eigenvalue weighted by molar-refractivity contribution is 7.17. The number of rotatable bonds is 3. The minimum Gasteiger partial charge on any atom is -0.298 e. The smallest absolute Gasteiger partial charge is 0.270 e. The van der Waals surface area contributed by atoms with E-state index < -0.39 is 0 Å². The van der Waals surface area contributed by atoms with E-state index in [-0.39, 0.29) is 10.6 Å². The number of benzene rings is 1. The lowest BCUT2D eigenvalue weighted by Gasteiger charge is -1.98. The van der Waals surface area contributed by atoms with E-state index in [1.165, 1.54) is 6.07 Å². The Kier molecular flexibility index (Phi) is 2.85. The molecule has 0 aliphatic carbocycles. The Labute approximate surface area is 112 Å². The standard InChI is InChI=1S/C13H9N3O2S/c17-16(18)11-3-1-2-10(8-11)12-4-5-13(19-12)15-7-6-14-9-15/h1-9H. The molecule has 2 heterocycles. The Morgan fingerprint density at radius 3 is 2.89 bits per heavy atom. The lowest BCUT2D eigenvalue weighted by Crippen LogP contribution is -1.87. The first-order chi connectivity index (χ1) is 9.24. The molecule has 0 aliphatic rings. The lowest BCUT2D eigenvalue weighted by atomic mass is 10.2. The summed E-state index contributed by atoms with van der Waals surface area (Å²) in [7, 11) is 0. The zero-order valence-electron chi connectivity index (χ0n) is 9.76. The van der Waals surface area contributed by atoms with Crippen molar-refractivity contribution in [2.24, 2.45) is 0 Å². The molecular formula is C13H9N3O2S. The van der Waals surface area contributed by atoms with Gasteiger partial charge in [0.25, 0.3) is 5.69 Å². The van der Waals surface area contributed by atoms with Crippen LogP contribution in [-0.2, 0) is 0 Å². The van der Waals surface area contributed by atoms with Crippen LogP contribution in [0.4, 0.5) is 5.69 Å². The number of non-ortho nitro benzene ring substituents is 1. The van der Waals surface area contributed by atoms with Crippen molar-refractivity contribution >= 4 is 17.0 Å². The summed E-state index contributed by atoms with van der Waals surface area (Å²) in [6.45, 7) is 0. The Morgan fingerprint density at radius 1 is 1.26 bits per heavy atom. The maximum Gasteiger partial charge on any atom is 0.270 e. The third kappa shape index (κ3) is 2.25. The highest BCUT2D eigenvalue weighted by Gasteiger charge is 2.09. The molecule has 1 aromatic carbocycles. The van der Waals surface area contributed by atoms with Gasteiger partial charge in [-0.1, -0.05) is 12.1 Å². The molecular weight excluding hydrogens is 262 g/mol. The van der Waals surface area contributed by atoms with Crippen LogP contribution >= 0.6 is 11.3 Å². The molecule has 0 N–H and O–H groups in total. The van der Waals surface area contributed by atoms with E-state index in [1.54, 1.807) is 36.0 Å². The van der Waals surface area contributed by atoms with E-state index in [1.807, 2.05) is 29.0 Å². The van der Waals surface area contributed by atoms with Crippen LogP contribution in [0.25, 0.3) is 15.4 Å². The molecule has 0 saturated heterocycles. The zero-order valence-corrected chi connectivity index (χ0v) is 10.6. The number of hydrogen-bond acceptors (Lipinski definition) is 4. The van der Waals surface area contributed by atoms with Crippen molar-refractivity contribution in [1.82, 2.24) is 9.55 Å². The van der Waals surface area contributed by atoms with Crippen LogP contribution in [0.2, 0.25) is 0 Å². The Balaban J connectivity index is 1.99. The molecule has 19 heavy (non-hydrogen) atoms. The molecule has 0 atom stereocenters. The van der Waals surface area contributed by atoms with Gasteiger partial charge in [0.05, 0.1) is 11.3 Å². The van der Waals surface area contributed by atoms with Gasteiger partial charge < -0.3 is 0 Å². The molecule has 0 spiro atoms. The fourth-order valence-corrected chi connectivity index (χ4v) is 2.74. The number of nitro groups is 1. The number of hydrogen-bond donors (Lipinski definition) is 0. The first kappa shape index (κ1) is 11.6. The fourth-order valence-electron chi connectivity index (χ4n) is 1.78. The molecule has 0 unspecified atom stereocenters. The van der Waals surface area contributed by atoms with Gasteiger partial charge in [-0.2, -0.15) is 0 Å². The van der Waals surface area contributed by atoms with E-state index in [4.69, 9.17) is 0 Å². The number of aromatic nitrogens is 2. The first-order valence-electron chi connectivity index (χ1n) is 5.57. The molecule has 0 aliphatic heterocycles. The molecule has 94 valence electrons. The van der Waals surface area contributed by atoms with Crippen LogP contribution in [-0.4, -0.2) is 14.5 Å². The van der Waals surface area contributed by atoms with Crippen molar-refractivity contribution in [3.05, 3.63) is 65.2 Å². The minimum atomic E-state index is -0.381. The second-order valence-corrected chi connectivity index (χ2v) is 4.98. The third-order valence-corrected chi connectivity index (χ3v) is 3.84. The summed E-state index contributed by atoms with van der Waals surface area (Å²) < 4.78 is 1.91. The van der Waals surface area contributed by atoms with Gasteiger partial charge in [-0.3, -0.25) is 14.7 Å². The fraction of sp³-hybridized carbons (Fsp3) is 0. The molecule has 5 nitrogen and oxygen atoms in total. The van der Waals surface area contributed by atoms with Crippen LogP contribution < -0.4 is 0 Å². The summed E-state index contributed by atoms with van der Waals surface area (Å²) in [5, 5.41) is 11.8. The van der Waals surface area contributed by atoms with Crippen LogP contribution in [0.15, 0.2) is 55.1 Å². The number of nitrogens with zero attached hydrogens (tertiary/aromatic N) is 3. The highest BCUT2D eigenvalue weighted by Crippen LogP contribution is 2.31. The number of thiophene rings is 1.